The fraction of sp³-hybridized carbons (Fsp3) is 0.812. The molecule has 1 aromatic heterocycles. The highest BCUT2D eigenvalue weighted by Gasteiger charge is 2.54. The molecule has 0 saturated heterocycles. The molecule has 3 saturated carbocycles. The van der Waals surface area contributed by atoms with Crippen molar-refractivity contribution in [1.82, 2.24) is 20.5 Å². The number of nitrogens with one attached hydrogen (secondary N) is 2. The molecule has 1 heterocycles. The highest BCUT2D eigenvalue weighted by molar-refractivity contribution is 8.00. The molecule has 0 aromatic carbocycles. The van der Waals surface area contributed by atoms with Gasteiger partial charge in [0.1, 0.15) is 0 Å². The van der Waals surface area contributed by atoms with Crippen LogP contribution in [-0.4, -0.2) is 32.4 Å². The van der Waals surface area contributed by atoms with Crippen LogP contribution in [0.25, 0.3) is 0 Å². The summed E-state index contributed by atoms with van der Waals surface area (Å²) in [6.07, 6.45) is 7.47. The molecule has 4 N–H and O–H groups in total. The Kier molecular flexibility index (Phi) is 3.99. The zero-order chi connectivity index (χ0) is 16.0. The second-order valence-electron chi connectivity index (χ2n) is 7.29. The summed E-state index contributed by atoms with van der Waals surface area (Å²) in [5.74, 6) is 3.84. The Labute approximate surface area is 140 Å². The van der Waals surface area contributed by atoms with Gasteiger partial charge in [0, 0.05) is 6.04 Å². The van der Waals surface area contributed by atoms with Gasteiger partial charge in [0.15, 0.2) is 0 Å². The van der Waals surface area contributed by atoms with E-state index in [2.05, 4.69) is 20.5 Å². The minimum Gasteiger partial charge on any atom is -0.368 e. The van der Waals surface area contributed by atoms with Crippen LogP contribution in [0, 0.1) is 23.7 Å². The molecule has 0 aliphatic heterocycles. The van der Waals surface area contributed by atoms with Crippen molar-refractivity contribution in [2.45, 2.75) is 61.9 Å². The average Bonchev–Trinajstić information content (AvgIpc) is 3.26. The van der Waals surface area contributed by atoms with E-state index in [1.165, 1.54) is 43.9 Å². The summed E-state index contributed by atoms with van der Waals surface area (Å²) in [5.41, 5.74) is 5.55. The first-order valence-corrected chi connectivity index (χ1v) is 9.68. The summed E-state index contributed by atoms with van der Waals surface area (Å²) in [6, 6.07) is 0.388. The number of H-pyrrole nitrogens is 1. The van der Waals surface area contributed by atoms with E-state index in [9.17, 15) is 4.79 Å². The number of nitrogen functional groups attached to an aromatic ring is 1. The highest BCUT2D eigenvalue weighted by Crippen LogP contribution is 2.58. The van der Waals surface area contributed by atoms with Crippen molar-refractivity contribution in [2.75, 3.05) is 5.73 Å². The van der Waals surface area contributed by atoms with Crippen LogP contribution in [0.2, 0.25) is 0 Å². The zero-order valence-electron chi connectivity index (χ0n) is 13.5. The molecule has 7 heteroatoms. The van der Waals surface area contributed by atoms with Crippen molar-refractivity contribution >= 4 is 23.6 Å². The first kappa shape index (κ1) is 15.3. The number of nitrogens with zero attached hydrogens (tertiary/aromatic N) is 2. The van der Waals surface area contributed by atoms with Crippen molar-refractivity contribution in [3.8, 4) is 0 Å². The average molecular weight is 335 g/mol. The van der Waals surface area contributed by atoms with Crippen LogP contribution < -0.4 is 11.1 Å². The minimum atomic E-state index is -0.149. The van der Waals surface area contributed by atoms with E-state index in [1.807, 2.05) is 6.92 Å². The van der Waals surface area contributed by atoms with E-state index in [-0.39, 0.29) is 11.2 Å². The molecular formula is C16H25N5OS. The lowest BCUT2D eigenvalue weighted by molar-refractivity contribution is -0.121. The number of hydrogen-bond acceptors (Lipinski definition) is 5. The predicted octanol–water partition coefficient (Wildman–Crippen LogP) is 2.20. The Morgan fingerprint density at radius 2 is 2.22 bits per heavy atom. The van der Waals surface area contributed by atoms with E-state index in [0.29, 0.717) is 17.1 Å². The third-order valence-electron chi connectivity index (χ3n) is 6.15. The Bertz CT molecular complexity index is 591. The maximum absolute atomic E-state index is 12.7. The minimum absolute atomic E-state index is 0.132. The summed E-state index contributed by atoms with van der Waals surface area (Å²) >= 11 is 1.39. The standard InChI is InChI=1S/C16H25N5OS/c1-2-13(23-16-19-15(17)20-21-16)14(22)18-12-7-8-6-11(12)10-5-3-4-9(8)10/h8-13H,2-7H2,1H3,(H,18,22)(H3,17,19,20,21)/t8-,9+,10+,11+,12-,13+/m1/s1. The molecule has 3 aliphatic rings. The van der Waals surface area contributed by atoms with Gasteiger partial charge >= 0.3 is 0 Å². The van der Waals surface area contributed by atoms with Crippen molar-refractivity contribution in [2.24, 2.45) is 23.7 Å². The number of anilines is 1. The van der Waals surface area contributed by atoms with Crippen LogP contribution in [-0.2, 0) is 4.79 Å². The normalized spacial score (nSPS) is 36.1. The van der Waals surface area contributed by atoms with Gasteiger partial charge in [0.2, 0.25) is 17.0 Å². The smallest absolute Gasteiger partial charge is 0.233 e. The van der Waals surface area contributed by atoms with Gasteiger partial charge < -0.3 is 11.1 Å². The molecule has 4 rings (SSSR count). The van der Waals surface area contributed by atoms with Gasteiger partial charge in [-0.15, -0.1) is 5.10 Å². The van der Waals surface area contributed by atoms with Gasteiger partial charge in [-0.3, -0.25) is 4.79 Å². The molecule has 2 bridgehead atoms. The lowest BCUT2D eigenvalue weighted by Gasteiger charge is -2.32. The molecule has 0 spiro atoms. The Morgan fingerprint density at radius 1 is 1.39 bits per heavy atom. The molecule has 0 radical (unpaired) electrons. The van der Waals surface area contributed by atoms with Crippen LogP contribution >= 0.6 is 11.8 Å². The SMILES string of the molecule is CC[C@H](Sc1n[nH]c(N)n1)C(=O)N[C@@H]1C[C@H]2C[C@H]1[C@H]1CCC[C@@H]21. The zero-order valence-corrected chi connectivity index (χ0v) is 14.3. The number of carbonyl (C=O) groups is 1. The molecule has 23 heavy (non-hydrogen) atoms. The van der Waals surface area contributed by atoms with Crippen molar-refractivity contribution in [3.05, 3.63) is 0 Å². The monoisotopic (exact) mass is 335 g/mol. The molecule has 6 nitrogen and oxygen atoms in total. The number of thioether (sulfide) groups is 1. The molecule has 1 aromatic rings. The Morgan fingerprint density at radius 3 is 2.96 bits per heavy atom. The number of fused-ring (bicyclic) bond motifs is 5. The van der Waals surface area contributed by atoms with Gasteiger partial charge in [-0.25, -0.2) is 5.10 Å². The fourth-order valence-electron chi connectivity index (χ4n) is 5.27. The third kappa shape index (κ3) is 2.73. The number of aromatic nitrogens is 3. The number of nitrogens with two attached hydrogens (primary N) is 1. The largest absolute Gasteiger partial charge is 0.368 e. The molecule has 1 amide bonds. The summed E-state index contributed by atoms with van der Waals surface area (Å²) in [6.45, 7) is 2.03. The number of carbonyl (C=O) groups excluding carboxylic acids is 1. The Balaban J connectivity index is 1.37. The van der Waals surface area contributed by atoms with E-state index < -0.39 is 0 Å². The van der Waals surface area contributed by atoms with Gasteiger partial charge in [-0.2, -0.15) is 4.98 Å². The summed E-state index contributed by atoms with van der Waals surface area (Å²) in [5, 5.41) is 10.4. The second-order valence-corrected chi connectivity index (χ2v) is 8.46. The van der Waals surface area contributed by atoms with Gasteiger partial charge in [0.25, 0.3) is 0 Å². The van der Waals surface area contributed by atoms with Crippen LogP contribution in [0.1, 0.15) is 45.4 Å². The number of hydrogen-bond donors (Lipinski definition) is 3. The van der Waals surface area contributed by atoms with Crippen LogP contribution in [0.3, 0.4) is 0 Å². The summed E-state index contributed by atoms with van der Waals surface area (Å²) in [4.78, 5) is 16.8. The summed E-state index contributed by atoms with van der Waals surface area (Å²) in [7, 11) is 0. The van der Waals surface area contributed by atoms with Crippen LogP contribution in [0.4, 0.5) is 5.95 Å². The molecule has 0 unspecified atom stereocenters. The first-order chi connectivity index (χ1) is 11.2. The lowest BCUT2D eigenvalue weighted by atomic mass is 9.79. The molecule has 3 fully saturated rings. The quantitative estimate of drug-likeness (QED) is 0.717. The molecule has 6 atom stereocenters. The van der Waals surface area contributed by atoms with E-state index in [4.69, 9.17) is 5.73 Å². The second kappa shape index (κ2) is 6.00. The van der Waals surface area contributed by atoms with Crippen molar-refractivity contribution in [1.29, 1.82) is 0 Å². The Hall–Kier alpha value is -1.24. The van der Waals surface area contributed by atoms with E-state index in [0.717, 1.165) is 30.1 Å². The lowest BCUT2D eigenvalue weighted by Crippen LogP contribution is -2.45. The van der Waals surface area contributed by atoms with Gasteiger partial charge in [0.05, 0.1) is 5.25 Å². The first-order valence-electron chi connectivity index (χ1n) is 8.80. The maximum Gasteiger partial charge on any atom is 0.233 e. The maximum atomic E-state index is 12.7. The van der Waals surface area contributed by atoms with Crippen LogP contribution in [0.5, 0.6) is 0 Å². The topological polar surface area (TPSA) is 96.7 Å². The van der Waals surface area contributed by atoms with Gasteiger partial charge in [-0.05, 0) is 55.8 Å². The molecule has 3 aliphatic carbocycles. The number of amides is 1. The highest BCUT2D eigenvalue weighted by atomic mass is 32.2. The number of rotatable bonds is 5. The van der Waals surface area contributed by atoms with E-state index in [1.54, 1.807) is 0 Å². The summed E-state index contributed by atoms with van der Waals surface area (Å²) < 4.78 is 0. The number of aromatic amines is 1. The van der Waals surface area contributed by atoms with Crippen LogP contribution in [0.15, 0.2) is 5.16 Å². The van der Waals surface area contributed by atoms with E-state index >= 15 is 0 Å². The van der Waals surface area contributed by atoms with Crippen molar-refractivity contribution < 1.29 is 4.79 Å². The molecule has 126 valence electrons. The molecular weight excluding hydrogens is 310 g/mol. The van der Waals surface area contributed by atoms with Crippen molar-refractivity contribution in [3.63, 3.8) is 0 Å². The third-order valence-corrected chi connectivity index (χ3v) is 7.37. The fourth-order valence-corrected chi connectivity index (χ4v) is 6.12. The van der Waals surface area contributed by atoms with Gasteiger partial charge in [-0.1, -0.05) is 25.1 Å². The predicted molar refractivity (Wildman–Crippen MR) is 89.7 cm³/mol.